The monoisotopic (exact) mass is 305 g/mol. The molecule has 1 fully saturated rings. The van der Waals surface area contributed by atoms with Crippen LogP contribution in [0, 0.1) is 5.41 Å². The second kappa shape index (κ2) is 6.17. The summed E-state index contributed by atoms with van der Waals surface area (Å²) in [6.45, 7) is 1.92. The van der Waals surface area contributed by atoms with Crippen LogP contribution in [0.4, 0.5) is 0 Å². The van der Waals surface area contributed by atoms with Crippen LogP contribution in [0.15, 0.2) is 40.1 Å². The number of carbonyl (C=O) groups is 2. The van der Waals surface area contributed by atoms with Gasteiger partial charge < -0.3 is 14.7 Å². The number of carbonyl (C=O) groups excluding carboxylic acids is 1. The molecule has 0 atom stereocenters. The number of rotatable bonds is 5. The van der Waals surface area contributed by atoms with E-state index >= 15 is 0 Å². The lowest BCUT2D eigenvalue weighted by molar-refractivity contribution is -0.134. The van der Waals surface area contributed by atoms with E-state index in [9.17, 15) is 14.7 Å². The van der Waals surface area contributed by atoms with Crippen LogP contribution in [0.5, 0.6) is 0 Å². The van der Waals surface area contributed by atoms with Crippen LogP contribution in [0.1, 0.15) is 26.2 Å². The molecule has 2 rings (SSSR count). The number of hydrogen-bond donors (Lipinski definition) is 1. The predicted molar refractivity (Wildman–Crippen MR) is 80.3 cm³/mol. The van der Waals surface area contributed by atoms with E-state index in [1.54, 1.807) is 12.2 Å². The highest BCUT2D eigenvalue weighted by Gasteiger charge is 2.46. The lowest BCUT2D eigenvalue weighted by atomic mass is 9.84. The van der Waals surface area contributed by atoms with Crippen LogP contribution in [0.25, 0.3) is 0 Å². The molecule has 0 heterocycles. The Bertz CT molecular complexity index is 620. The zero-order valence-corrected chi connectivity index (χ0v) is 12.9. The van der Waals surface area contributed by atoms with Crippen molar-refractivity contribution in [3.8, 4) is 0 Å². The lowest BCUT2D eigenvalue weighted by Gasteiger charge is -2.20. The molecule has 0 spiro atoms. The van der Waals surface area contributed by atoms with E-state index in [1.807, 2.05) is 13.0 Å². The van der Waals surface area contributed by atoms with Crippen molar-refractivity contribution in [2.75, 3.05) is 14.2 Å². The van der Waals surface area contributed by atoms with Crippen LogP contribution in [-0.2, 0) is 19.2 Å². The van der Waals surface area contributed by atoms with Gasteiger partial charge in [-0.3, -0.25) is 0 Å². The molecule has 2 aliphatic rings. The van der Waals surface area contributed by atoms with Gasteiger partial charge in [0.1, 0.15) is 7.11 Å². The van der Waals surface area contributed by atoms with Crippen LogP contribution in [0.3, 0.4) is 0 Å². The molecule has 0 radical (unpaired) electrons. The Kier molecular flexibility index (Phi) is 4.49. The van der Waals surface area contributed by atoms with Crippen molar-refractivity contribution in [3.05, 3.63) is 34.9 Å². The molecular weight excluding hydrogens is 286 g/mol. The Hall–Kier alpha value is -2.37. The number of nitrogens with zero attached hydrogens (tertiary/aromatic N) is 1. The molecule has 0 amide bonds. The molecule has 0 aliphatic heterocycles. The Labute approximate surface area is 128 Å². The van der Waals surface area contributed by atoms with Gasteiger partial charge >= 0.3 is 11.9 Å². The van der Waals surface area contributed by atoms with Crippen molar-refractivity contribution in [2.45, 2.75) is 26.2 Å². The van der Waals surface area contributed by atoms with Crippen LogP contribution >= 0.6 is 0 Å². The van der Waals surface area contributed by atoms with Gasteiger partial charge in [0.05, 0.1) is 7.11 Å². The minimum Gasteiger partial charge on any atom is -0.478 e. The third kappa shape index (κ3) is 2.95. The number of esters is 1. The maximum atomic E-state index is 11.9. The number of allylic oxidation sites excluding steroid dienone is 4. The van der Waals surface area contributed by atoms with Gasteiger partial charge in [0.25, 0.3) is 0 Å². The zero-order chi connectivity index (χ0) is 16.3. The topological polar surface area (TPSA) is 85.2 Å². The second-order valence-electron chi connectivity index (χ2n) is 5.55. The first-order chi connectivity index (χ1) is 10.4. The summed E-state index contributed by atoms with van der Waals surface area (Å²) in [6.07, 6.45) is 7.37. The number of hydrogen-bond acceptors (Lipinski definition) is 5. The Balaban J connectivity index is 2.58. The summed E-state index contributed by atoms with van der Waals surface area (Å²) in [5, 5.41) is 13.4. The normalized spacial score (nSPS) is 21.8. The minimum atomic E-state index is -0.960. The van der Waals surface area contributed by atoms with E-state index in [0.717, 1.165) is 12.8 Å². The van der Waals surface area contributed by atoms with Gasteiger partial charge in [0, 0.05) is 16.6 Å². The molecule has 6 heteroatoms. The Morgan fingerprint density at radius 1 is 1.32 bits per heavy atom. The second-order valence-corrected chi connectivity index (χ2v) is 5.55. The highest BCUT2D eigenvalue weighted by molar-refractivity contribution is 6.44. The van der Waals surface area contributed by atoms with Crippen LogP contribution < -0.4 is 0 Å². The standard InChI is InChI=1S/C16H19NO5/c1-16(8-9-16)12(14(18)19)10-6-4-5-7-11(10)13(17-22-3)15(20)21-2/h4-5,7H,6,8-9H2,1-3H3,(H,18,19). The fraction of sp³-hybridized carbons (Fsp3) is 0.438. The average molecular weight is 305 g/mol. The molecule has 6 nitrogen and oxygen atoms in total. The van der Waals surface area contributed by atoms with E-state index in [0.29, 0.717) is 23.1 Å². The summed E-state index contributed by atoms with van der Waals surface area (Å²) < 4.78 is 4.72. The van der Waals surface area contributed by atoms with Gasteiger partial charge in [-0.15, -0.1) is 0 Å². The highest BCUT2D eigenvalue weighted by atomic mass is 16.6. The number of carboxylic acids is 1. The molecule has 0 aromatic rings. The van der Waals surface area contributed by atoms with Gasteiger partial charge in [-0.1, -0.05) is 30.3 Å². The fourth-order valence-electron chi connectivity index (χ4n) is 2.59. The molecule has 1 N–H and O–H groups in total. The molecule has 0 unspecified atom stereocenters. The number of aliphatic carboxylic acids is 1. The predicted octanol–water partition coefficient (Wildman–Crippen LogP) is 2.23. The summed E-state index contributed by atoms with van der Waals surface area (Å²) in [6, 6.07) is 0. The Morgan fingerprint density at radius 2 is 2.00 bits per heavy atom. The van der Waals surface area contributed by atoms with E-state index in [1.165, 1.54) is 14.2 Å². The molecule has 0 bridgehead atoms. The maximum Gasteiger partial charge on any atom is 0.360 e. The smallest absolute Gasteiger partial charge is 0.360 e. The van der Waals surface area contributed by atoms with Crippen molar-refractivity contribution in [1.29, 1.82) is 0 Å². The maximum absolute atomic E-state index is 11.9. The quantitative estimate of drug-likeness (QED) is 0.364. The zero-order valence-electron chi connectivity index (χ0n) is 12.9. The fourth-order valence-corrected chi connectivity index (χ4v) is 2.59. The molecule has 2 aliphatic carbocycles. The van der Waals surface area contributed by atoms with Gasteiger partial charge in [0.2, 0.25) is 0 Å². The lowest BCUT2D eigenvalue weighted by Crippen LogP contribution is -2.24. The number of oxime groups is 1. The molecular formula is C16H19NO5. The van der Waals surface area contributed by atoms with E-state index in [2.05, 4.69) is 5.16 Å². The van der Waals surface area contributed by atoms with Crippen molar-refractivity contribution >= 4 is 17.7 Å². The summed E-state index contributed by atoms with van der Waals surface area (Å²) in [5.74, 6) is -1.62. The van der Waals surface area contributed by atoms with E-state index in [4.69, 9.17) is 9.57 Å². The Morgan fingerprint density at radius 3 is 2.50 bits per heavy atom. The van der Waals surface area contributed by atoms with Gasteiger partial charge in [0.15, 0.2) is 5.71 Å². The summed E-state index contributed by atoms with van der Waals surface area (Å²) in [4.78, 5) is 28.4. The summed E-state index contributed by atoms with van der Waals surface area (Å²) >= 11 is 0. The number of carboxylic acid groups (broad SMARTS) is 1. The minimum absolute atomic E-state index is 0.0210. The summed E-state index contributed by atoms with van der Waals surface area (Å²) in [5.41, 5.74) is 1.01. The average Bonchev–Trinajstić information content (AvgIpc) is 3.22. The highest BCUT2D eigenvalue weighted by Crippen LogP contribution is 2.53. The van der Waals surface area contributed by atoms with Gasteiger partial charge in [-0.05, 0) is 24.8 Å². The SMILES string of the molecule is CON=C(C(=O)OC)C1=CC=CCC1=C(C(=O)O)C1(C)CC1. The van der Waals surface area contributed by atoms with Gasteiger partial charge in [-0.2, -0.15) is 0 Å². The third-order valence-electron chi connectivity index (χ3n) is 3.98. The molecule has 0 saturated heterocycles. The third-order valence-corrected chi connectivity index (χ3v) is 3.98. The van der Waals surface area contributed by atoms with Crippen molar-refractivity contribution in [3.63, 3.8) is 0 Å². The van der Waals surface area contributed by atoms with Crippen LogP contribution in [0.2, 0.25) is 0 Å². The molecule has 118 valence electrons. The first kappa shape index (κ1) is 16.0. The number of ether oxygens (including phenoxy) is 1. The van der Waals surface area contributed by atoms with Crippen LogP contribution in [-0.4, -0.2) is 37.0 Å². The molecule has 1 saturated carbocycles. The van der Waals surface area contributed by atoms with E-state index < -0.39 is 11.9 Å². The number of methoxy groups -OCH3 is 1. The van der Waals surface area contributed by atoms with E-state index in [-0.39, 0.29) is 11.1 Å². The summed E-state index contributed by atoms with van der Waals surface area (Å²) in [7, 11) is 2.57. The van der Waals surface area contributed by atoms with Gasteiger partial charge in [-0.25, -0.2) is 9.59 Å². The first-order valence-electron chi connectivity index (χ1n) is 6.98. The molecule has 22 heavy (non-hydrogen) atoms. The molecule has 0 aromatic heterocycles. The first-order valence-corrected chi connectivity index (χ1v) is 6.98. The largest absolute Gasteiger partial charge is 0.478 e. The van der Waals surface area contributed by atoms with Crippen molar-refractivity contribution in [2.24, 2.45) is 10.6 Å². The molecule has 0 aromatic carbocycles. The van der Waals surface area contributed by atoms with Crippen molar-refractivity contribution < 1.29 is 24.3 Å². The van der Waals surface area contributed by atoms with Crippen molar-refractivity contribution in [1.82, 2.24) is 0 Å².